The summed E-state index contributed by atoms with van der Waals surface area (Å²) in [6.45, 7) is 3.28. The van der Waals surface area contributed by atoms with Crippen LogP contribution in [0.2, 0.25) is 0 Å². The SMILES string of the molecule is C=NC[C@@]1(c2ccc3c(N)ncnn23)O[C@H](COC(=O)CC2CCC(N)CC2)[C@@H](O)[C@H]1O. The Morgan fingerprint density at radius 2 is 2.09 bits per heavy atom. The number of fused-ring (bicyclic) bond motifs is 1. The normalized spacial score (nSPS) is 32.8. The maximum atomic E-state index is 12.3. The molecule has 2 aliphatic rings. The van der Waals surface area contributed by atoms with Gasteiger partial charge in [0.25, 0.3) is 0 Å². The molecule has 2 aromatic rings. The third-order valence-corrected chi connectivity index (χ3v) is 6.56. The van der Waals surface area contributed by atoms with Gasteiger partial charge in [-0.1, -0.05) is 0 Å². The molecular weight excluding hydrogens is 416 g/mol. The number of carbonyl (C=O) groups is 1. The summed E-state index contributed by atoms with van der Waals surface area (Å²) in [5.41, 5.74) is 11.4. The molecule has 1 aliphatic carbocycles. The number of aliphatic hydroxyl groups is 2. The second-order valence-corrected chi connectivity index (χ2v) is 8.69. The Bertz CT molecular complexity index is 975. The van der Waals surface area contributed by atoms with Crippen molar-refractivity contribution >= 4 is 24.0 Å². The number of nitrogens with zero attached hydrogens (tertiary/aromatic N) is 4. The second kappa shape index (κ2) is 9.10. The van der Waals surface area contributed by atoms with E-state index in [1.54, 1.807) is 12.1 Å². The number of esters is 1. The van der Waals surface area contributed by atoms with Crippen molar-refractivity contribution in [2.75, 3.05) is 18.9 Å². The first-order valence-corrected chi connectivity index (χ1v) is 10.8. The highest BCUT2D eigenvalue weighted by Gasteiger charge is 2.56. The summed E-state index contributed by atoms with van der Waals surface area (Å²) >= 11 is 0. The largest absolute Gasteiger partial charge is 0.463 e. The molecule has 4 atom stereocenters. The highest BCUT2D eigenvalue weighted by atomic mass is 16.6. The average molecular weight is 447 g/mol. The fourth-order valence-electron chi connectivity index (χ4n) is 4.75. The summed E-state index contributed by atoms with van der Waals surface area (Å²) in [4.78, 5) is 20.2. The number of aliphatic imine (C=N–C) groups is 1. The van der Waals surface area contributed by atoms with Crippen LogP contribution in [0.15, 0.2) is 23.5 Å². The van der Waals surface area contributed by atoms with Crippen molar-refractivity contribution in [3.05, 3.63) is 24.2 Å². The van der Waals surface area contributed by atoms with Crippen LogP contribution in [0, 0.1) is 5.92 Å². The van der Waals surface area contributed by atoms with Crippen molar-refractivity contribution in [3.8, 4) is 0 Å². The number of aromatic nitrogens is 3. The van der Waals surface area contributed by atoms with E-state index in [2.05, 4.69) is 21.8 Å². The summed E-state index contributed by atoms with van der Waals surface area (Å²) in [6, 6.07) is 3.59. The molecule has 0 radical (unpaired) electrons. The van der Waals surface area contributed by atoms with E-state index >= 15 is 0 Å². The minimum absolute atomic E-state index is 0.0476. The van der Waals surface area contributed by atoms with Crippen molar-refractivity contribution in [3.63, 3.8) is 0 Å². The van der Waals surface area contributed by atoms with E-state index in [0.717, 1.165) is 25.7 Å². The molecule has 0 spiro atoms. The molecule has 1 saturated carbocycles. The predicted molar refractivity (Wildman–Crippen MR) is 116 cm³/mol. The molecule has 11 heteroatoms. The van der Waals surface area contributed by atoms with Gasteiger partial charge in [0.2, 0.25) is 0 Å². The van der Waals surface area contributed by atoms with Crippen LogP contribution < -0.4 is 11.5 Å². The zero-order valence-electron chi connectivity index (χ0n) is 17.8. The Morgan fingerprint density at radius 1 is 1.34 bits per heavy atom. The molecule has 1 aliphatic heterocycles. The lowest BCUT2D eigenvalue weighted by Gasteiger charge is -2.30. The monoisotopic (exact) mass is 446 g/mol. The quantitative estimate of drug-likeness (QED) is 0.331. The lowest BCUT2D eigenvalue weighted by atomic mass is 9.84. The first kappa shape index (κ1) is 22.6. The van der Waals surface area contributed by atoms with Crippen molar-refractivity contribution in [2.24, 2.45) is 16.6 Å². The summed E-state index contributed by atoms with van der Waals surface area (Å²) in [5.74, 6) is 0.155. The molecule has 11 nitrogen and oxygen atoms in total. The summed E-state index contributed by atoms with van der Waals surface area (Å²) in [6.07, 6.45) is 1.60. The van der Waals surface area contributed by atoms with Crippen LogP contribution in [-0.4, -0.2) is 75.0 Å². The Labute approximate surface area is 185 Å². The van der Waals surface area contributed by atoms with E-state index in [0.29, 0.717) is 17.6 Å². The zero-order valence-corrected chi connectivity index (χ0v) is 17.8. The molecule has 2 fully saturated rings. The van der Waals surface area contributed by atoms with Crippen LogP contribution in [0.25, 0.3) is 5.52 Å². The third kappa shape index (κ3) is 4.08. The first-order chi connectivity index (χ1) is 15.4. The second-order valence-electron chi connectivity index (χ2n) is 8.69. The van der Waals surface area contributed by atoms with Crippen molar-refractivity contribution in [1.29, 1.82) is 0 Å². The van der Waals surface area contributed by atoms with Gasteiger partial charge in [0, 0.05) is 12.5 Å². The van der Waals surface area contributed by atoms with Gasteiger partial charge in [0.05, 0.1) is 12.2 Å². The number of nitrogen functional groups attached to an aromatic ring is 1. The number of hydrogen-bond acceptors (Lipinski definition) is 10. The molecule has 174 valence electrons. The van der Waals surface area contributed by atoms with Gasteiger partial charge in [-0.25, -0.2) is 9.50 Å². The van der Waals surface area contributed by atoms with Crippen LogP contribution in [0.4, 0.5) is 5.82 Å². The molecule has 0 aromatic carbocycles. The van der Waals surface area contributed by atoms with E-state index in [1.807, 2.05) is 0 Å². The van der Waals surface area contributed by atoms with E-state index in [1.165, 1.54) is 10.8 Å². The lowest BCUT2D eigenvalue weighted by molar-refractivity contribution is -0.153. The van der Waals surface area contributed by atoms with E-state index < -0.39 is 23.9 Å². The summed E-state index contributed by atoms with van der Waals surface area (Å²) < 4.78 is 13.0. The molecule has 4 rings (SSSR count). The van der Waals surface area contributed by atoms with Crippen molar-refractivity contribution in [2.45, 2.75) is 62.1 Å². The highest BCUT2D eigenvalue weighted by molar-refractivity contribution is 5.69. The molecule has 0 amide bonds. The van der Waals surface area contributed by atoms with Gasteiger partial charge in [0.1, 0.15) is 36.8 Å². The maximum absolute atomic E-state index is 12.3. The molecule has 3 heterocycles. The molecule has 1 saturated heterocycles. The lowest BCUT2D eigenvalue weighted by Crippen LogP contribution is -2.44. The highest BCUT2D eigenvalue weighted by Crippen LogP contribution is 2.41. The van der Waals surface area contributed by atoms with Gasteiger partial charge in [-0.2, -0.15) is 5.10 Å². The molecule has 0 unspecified atom stereocenters. The standard InChI is InChI=1S/C21H30N6O5/c1-24-10-21(16-7-6-14-20(23)25-11-26-27(14)16)19(30)18(29)15(32-21)9-31-17(28)8-12-2-4-13(22)5-3-12/h6-7,11-13,15,18-19,29-30H,1-5,8-10,22H2,(H2,23,25,26)/t12?,13?,15-,18-,19-,21+/m1/s1. The summed E-state index contributed by atoms with van der Waals surface area (Å²) in [7, 11) is 0. The number of ether oxygens (including phenoxy) is 2. The Morgan fingerprint density at radius 3 is 2.81 bits per heavy atom. The molecule has 6 N–H and O–H groups in total. The van der Waals surface area contributed by atoms with Crippen LogP contribution in [0.5, 0.6) is 0 Å². The van der Waals surface area contributed by atoms with Gasteiger partial charge in [-0.3, -0.25) is 9.79 Å². The Hall–Kier alpha value is -2.60. The van der Waals surface area contributed by atoms with Crippen LogP contribution in [-0.2, 0) is 19.9 Å². The van der Waals surface area contributed by atoms with E-state index in [4.69, 9.17) is 20.9 Å². The first-order valence-electron chi connectivity index (χ1n) is 10.8. The number of rotatable bonds is 7. The number of hydrogen-bond donors (Lipinski definition) is 4. The fraction of sp³-hybridized carbons (Fsp3) is 0.619. The van der Waals surface area contributed by atoms with Gasteiger partial charge < -0.3 is 31.2 Å². The average Bonchev–Trinajstić information content (AvgIpc) is 3.31. The number of anilines is 1. The molecular formula is C21H30N6O5. The van der Waals surface area contributed by atoms with Gasteiger partial charge >= 0.3 is 5.97 Å². The molecule has 0 bridgehead atoms. The van der Waals surface area contributed by atoms with Gasteiger partial charge in [-0.05, 0) is 50.5 Å². The predicted octanol–water partition coefficient (Wildman–Crippen LogP) is -0.221. The summed E-state index contributed by atoms with van der Waals surface area (Å²) in [5, 5.41) is 25.9. The smallest absolute Gasteiger partial charge is 0.306 e. The van der Waals surface area contributed by atoms with Crippen molar-refractivity contribution in [1.82, 2.24) is 14.6 Å². The van der Waals surface area contributed by atoms with E-state index in [9.17, 15) is 15.0 Å². The number of carbonyl (C=O) groups excluding carboxylic acids is 1. The van der Waals surface area contributed by atoms with Crippen LogP contribution in [0.1, 0.15) is 37.8 Å². The zero-order chi connectivity index (χ0) is 22.9. The molecule has 2 aromatic heterocycles. The van der Waals surface area contributed by atoms with Gasteiger partial charge in [-0.15, -0.1) is 0 Å². The van der Waals surface area contributed by atoms with Crippen LogP contribution >= 0.6 is 0 Å². The topological polar surface area (TPSA) is 171 Å². The minimum Gasteiger partial charge on any atom is -0.463 e. The maximum Gasteiger partial charge on any atom is 0.306 e. The van der Waals surface area contributed by atoms with Crippen LogP contribution in [0.3, 0.4) is 0 Å². The third-order valence-electron chi connectivity index (χ3n) is 6.56. The number of nitrogens with two attached hydrogens (primary N) is 2. The fourth-order valence-corrected chi connectivity index (χ4v) is 4.75. The van der Waals surface area contributed by atoms with Gasteiger partial charge in [0.15, 0.2) is 11.4 Å². The Kier molecular flexibility index (Phi) is 6.42. The molecule has 32 heavy (non-hydrogen) atoms. The van der Waals surface area contributed by atoms with E-state index in [-0.39, 0.29) is 36.9 Å². The number of aliphatic hydroxyl groups excluding tert-OH is 2. The Balaban J connectivity index is 1.48. The minimum atomic E-state index is -1.44. The van der Waals surface area contributed by atoms with Crippen molar-refractivity contribution < 1.29 is 24.5 Å².